The second kappa shape index (κ2) is 3.13. The maximum atomic E-state index is 12.5. The molecule has 1 rings (SSSR count). The molecule has 0 heterocycles. The number of hydrogen-bond donors (Lipinski definition) is 0. The first-order valence-corrected chi connectivity index (χ1v) is 3.18. The van der Waals surface area contributed by atoms with Crippen molar-refractivity contribution in [2.75, 3.05) is 0 Å². The van der Waals surface area contributed by atoms with E-state index in [-0.39, 0.29) is 5.56 Å². The Morgan fingerprint density at radius 3 is 2.08 bits per heavy atom. The number of hydrogen-bond acceptors (Lipinski definition) is 0. The fourth-order valence-corrected chi connectivity index (χ4v) is 0.758. The monoisotopic (exact) mass is 177 g/mol. The van der Waals surface area contributed by atoms with E-state index in [2.05, 4.69) is 6.07 Å². The van der Waals surface area contributed by atoms with E-state index in [4.69, 9.17) is 0 Å². The van der Waals surface area contributed by atoms with Crippen LogP contribution in [0.15, 0.2) is 24.3 Å². The van der Waals surface area contributed by atoms with E-state index in [9.17, 15) is 17.6 Å². The van der Waals surface area contributed by atoms with Crippen molar-refractivity contribution in [1.29, 1.82) is 0 Å². The van der Waals surface area contributed by atoms with Crippen molar-refractivity contribution >= 4 is 0 Å². The normalized spacial score (nSPS) is 14.3. The molecule has 1 radical (unpaired) electrons. The SMILES string of the molecule is FC(c1cc[c]cc1)C(F)(F)F. The number of alkyl halides is 4. The molecule has 4 heteroatoms. The van der Waals surface area contributed by atoms with Crippen LogP contribution in [0, 0.1) is 6.07 Å². The van der Waals surface area contributed by atoms with Gasteiger partial charge in [-0.15, -0.1) is 0 Å². The minimum Gasteiger partial charge on any atom is -0.232 e. The van der Waals surface area contributed by atoms with Gasteiger partial charge < -0.3 is 0 Å². The second-order valence-corrected chi connectivity index (χ2v) is 2.24. The van der Waals surface area contributed by atoms with E-state index in [0.29, 0.717) is 0 Å². The standard InChI is InChI=1S/C8H5F4/c9-7(8(10,11)12)6-4-2-1-3-5-6/h2-5,7H. The van der Waals surface area contributed by atoms with Gasteiger partial charge in [-0.3, -0.25) is 0 Å². The molecular weight excluding hydrogens is 172 g/mol. The molecule has 12 heavy (non-hydrogen) atoms. The first-order chi connectivity index (χ1) is 5.52. The van der Waals surface area contributed by atoms with Gasteiger partial charge in [0.2, 0.25) is 6.17 Å². The Hall–Kier alpha value is -1.06. The summed E-state index contributed by atoms with van der Waals surface area (Å²) in [4.78, 5) is 0. The molecule has 0 bridgehead atoms. The van der Waals surface area contributed by atoms with Gasteiger partial charge in [0.05, 0.1) is 0 Å². The van der Waals surface area contributed by atoms with E-state index < -0.39 is 12.3 Å². The Morgan fingerprint density at radius 1 is 1.17 bits per heavy atom. The summed E-state index contributed by atoms with van der Waals surface area (Å²) >= 11 is 0. The Kier molecular flexibility index (Phi) is 2.35. The van der Waals surface area contributed by atoms with Crippen molar-refractivity contribution in [2.24, 2.45) is 0 Å². The summed E-state index contributed by atoms with van der Waals surface area (Å²) in [6.07, 6.45) is -7.71. The Balaban J connectivity index is 2.86. The molecule has 0 fully saturated rings. The van der Waals surface area contributed by atoms with Crippen LogP contribution < -0.4 is 0 Å². The lowest BCUT2D eigenvalue weighted by Gasteiger charge is -2.11. The van der Waals surface area contributed by atoms with Crippen LogP contribution in [0.1, 0.15) is 11.7 Å². The lowest BCUT2D eigenvalue weighted by atomic mass is 10.1. The van der Waals surface area contributed by atoms with Crippen LogP contribution in [-0.2, 0) is 0 Å². The summed E-state index contributed by atoms with van der Waals surface area (Å²) in [5, 5.41) is 0. The molecule has 0 aliphatic rings. The van der Waals surface area contributed by atoms with Crippen LogP contribution in [0.5, 0.6) is 0 Å². The minimum absolute atomic E-state index is 0.388. The van der Waals surface area contributed by atoms with Crippen LogP contribution in [0.25, 0.3) is 0 Å². The fraction of sp³-hybridized carbons (Fsp3) is 0.250. The Labute approximate surface area is 66.8 Å². The highest BCUT2D eigenvalue weighted by Gasteiger charge is 2.40. The molecule has 0 nitrogen and oxygen atoms in total. The molecule has 1 aromatic carbocycles. The smallest absolute Gasteiger partial charge is 0.232 e. The topological polar surface area (TPSA) is 0 Å². The molecule has 0 N–H and O–H groups in total. The summed E-state index contributed by atoms with van der Waals surface area (Å²) in [6, 6.07) is 7.10. The maximum absolute atomic E-state index is 12.5. The van der Waals surface area contributed by atoms with E-state index in [1.807, 2.05) is 0 Å². The van der Waals surface area contributed by atoms with Gasteiger partial charge in [0.25, 0.3) is 0 Å². The van der Waals surface area contributed by atoms with Crippen molar-refractivity contribution in [3.63, 3.8) is 0 Å². The molecule has 0 spiro atoms. The number of halogens is 4. The summed E-state index contributed by atoms with van der Waals surface area (Å²) in [5.74, 6) is 0. The molecule has 65 valence electrons. The maximum Gasteiger partial charge on any atom is 0.423 e. The van der Waals surface area contributed by atoms with E-state index in [1.165, 1.54) is 12.1 Å². The van der Waals surface area contributed by atoms with Crippen molar-refractivity contribution in [3.05, 3.63) is 35.9 Å². The van der Waals surface area contributed by atoms with Gasteiger partial charge in [-0.25, -0.2) is 4.39 Å². The van der Waals surface area contributed by atoms with E-state index in [1.54, 1.807) is 0 Å². The van der Waals surface area contributed by atoms with Crippen LogP contribution in [0.4, 0.5) is 17.6 Å². The average molecular weight is 177 g/mol. The summed E-state index contributed by atoms with van der Waals surface area (Å²) in [6.45, 7) is 0. The minimum atomic E-state index is -4.82. The molecule has 0 amide bonds. The largest absolute Gasteiger partial charge is 0.423 e. The quantitative estimate of drug-likeness (QED) is 0.578. The molecule has 1 unspecified atom stereocenters. The van der Waals surface area contributed by atoms with Crippen LogP contribution >= 0.6 is 0 Å². The Bertz CT molecular complexity index is 239. The average Bonchev–Trinajstić information content (AvgIpc) is 2.03. The third-order valence-electron chi connectivity index (χ3n) is 1.32. The van der Waals surface area contributed by atoms with Crippen molar-refractivity contribution in [2.45, 2.75) is 12.3 Å². The van der Waals surface area contributed by atoms with Crippen molar-refractivity contribution < 1.29 is 17.6 Å². The van der Waals surface area contributed by atoms with Gasteiger partial charge in [0, 0.05) is 0 Å². The van der Waals surface area contributed by atoms with Crippen molar-refractivity contribution in [3.8, 4) is 0 Å². The van der Waals surface area contributed by atoms with Gasteiger partial charge >= 0.3 is 6.18 Å². The zero-order valence-electron chi connectivity index (χ0n) is 5.90. The summed E-state index contributed by atoms with van der Waals surface area (Å²) < 4.78 is 47.8. The number of benzene rings is 1. The van der Waals surface area contributed by atoms with Crippen molar-refractivity contribution in [1.82, 2.24) is 0 Å². The van der Waals surface area contributed by atoms with Crippen LogP contribution in [-0.4, -0.2) is 6.18 Å². The van der Waals surface area contributed by atoms with Gasteiger partial charge in [-0.1, -0.05) is 24.3 Å². The van der Waals surface area contributed by atoms with Crippen LogP contribution in [0.2, 0.25) is 0 Å². The Morgan fingerprint density at radius 2 is 1.67 bits per heavy atom. The molecule has 1 atom stereocenters. The molecule has 0 saturated carbocycles. The highest BCUT2D eigenvalue weighted by molar-refractivity contribution is 5.17. The first kappa shape index (κ1) is 9.03. The fourth-order valence-electron chi connectivity index (χ4n) is 0.758. The predicted octanol–water partition coefficient (Wildman–Crippen LogP) is 3.06. The van der Waals surface area contributed by atoms with Crippen LogP contribution in [0.3, 0.4) is 0 Å². The highest BCUT2D eigenvalue weighted by Crippen LogP contribution is 2.35. The lowest BCUT2D eigenvalue weighted by molar-refractivity contribution is -0.182. The van der Waals surface area contributed by atoms with Gasteiger partial charge in [-0.2, -0.15) is 13.2 Å². The van der Waals surface area contributed by atoms with Gasteiger partial charge in [-0.05, 0) is 11.6 Å². The molecule has 0 aromatic heterocycles. The van der Waals surface area contributed by atoms with Gasteiger partial charge in [0.1, 0.15) is 0 Å². The molecule has 0 aliphatic carbocycles. The molecule has 0 aliphatic heterocycles. The summed E-state index contributed by atoms with van der Waals surface area (Å²) in [5.41, 5.74) is -0.388. The third-order valence-corrected chi connectivity index (χ3v) is 1.32. The summed E-state index contributed by atoms with van der Waals surface area (Å²) in [7, 11) is 0. The van der Waals surface area contributed by atoms with Gasteiger partial charge in [0.15, 0.2) is 0 Å². The zero-order chi connectivity index (χ0) is 9.19. The predicted molar refractivity (Wildman–Crippen MR) is 35.2 cm³/mol. The molecular formula is C8H5F4. The third kappa shape index (κ3) is 1.96. The van der Waals surface area contributed by atoms with E-state index in [0.717, 1.165) is 12.1 Å². The molecule has 0 saturated heterocycles. The highest BCUT2D eigenvalue weighted by atomic mass is 19.4. The molecule has 1 aromatic rings. The first-order valence-electron chi connectivity index (χ1n) is 3.18. The number of rotatable bonds is 1. The second-order valence-electron chi connectivity index (χ2n) is 2.24. The van der Waals surface area contributed by atoms with E-state index >= 15 is 0 Å². The lowest BCUT2D eigenvalue weighted by Crippen LogP contribution is -2.16. The zero-order valence-corrected chi connectivity index (χ0v) is 5.90.